The van der Waals surface area contributed by atoms with E-state index in [-0.39, 0.29) is 30.1 Å². The number of aliphatic hydroxyl groups is 1. The average Bonchev–Trinajstić information content (AvgIpc) is 0.746. The topological polar surface area (TPSA) is 408 Å². The van der Waals surface area contributed by atoms with Gasteiger partial charge >= 0.3 is 24.4 Å². The molecule has 11 N–H and O–H groups in total. The van der Waals surface area contributed by atoms with Crippen LogP contribution in [0.15, 0.2) is 60.7 Å². The molecular formula is C83H139N23O12Si. The first-order chi connectivity index (χ1) is 56.6. The van der Waals surface area contributed by atoms with Crippen molar-refractivity contribution in [2.75, 3.05) is 210 Å². The number of nitrogens with zero attached hydrogens (tertiary/aromatic N) is 14. The number of carbonyl (C=O) groups is 4. The molecule has 5 aromatic rings. The highest BCUT2D eigenvalue weighted by molar-refractivity contribution is 6.99. The molecule has 0 saturated carbocycles. The van der Waals surface area contributed by atoms with Gasteiger partial charge in [0.1, 0.15) is 22.4 Å². The molecule has 6 heterocycles. The number of alkyl carbamates (subject to hydrolysis) is 4. The van der Waals surface area contributed by atoms with Gasteiger partial charge in [-0.25, -0.2) is 19.2 Å². The molecule has 3 aliphatic heterocycles. The number of benzene rings is 2. The van der Waals surface area contributed by atoms with Crippen LogP contribution in [0.25, 0.3) is 0 Å². The van der Waals surface area contributed by atoms with Crippen molar-refractivity contribution in [2.45, 2.75) is 196 Å². The summed E-state index contributed by atoms with van der Waals surface area (Å²) >= 11 is 0. The first kappa shape index (κ1) is 95.2. The second-order valence-corrected chi connectivity index (χ2v) is 39.8. The molecular weight excluding hydrogens is 1540 g/mol. The Morgan fingerprint density at radius 2 is 0.731 bits per heavy atom. The Hall–Kier alpha value is -9.23. The molecule has 0 aliphatic carbocycles. The first-order valence-corrected chi connectivity index (χ1v) is 44.6. The highest BCUT2D eigenvalue weighted by atomic mass is 28.4. The van der Waals surface area contributed by atoms with E-state index in [4.69, 9.17) is 83.4 Å². The number of hydrogen-bond acceptors (Lipinski definition) is 31. The van der Waals surface area contributed by atoms with Crippen molar-refractivity contribution in [2.24, 2.45) is 23.5 Å². The van der Waals surface area contributed by atoms with Crippen molar-refractivity contribution in [1.82, 2.24) is 66.1 Å². The van der Waals surface area contributed by atoms with Gasteiger partial charge in [0.15, 0.2) is 0 Å². The minimum absolute atomic E-state index is 0.0945. The molecule has 0 radical (unpaired) electrons. The summed E-state index contributed by atoms with van der Waals surface area (Å²) in [7, 11) is -2.77. The summed E-state index contributed by atoms with van der Waals surface area (Å²) in [6.07, 6.45) is 5.32. The predicted octanol–water partition coefficient (Wildman–Crippen LogP) is 8.77. The van der Waals surface area contributed by atoms with Gasteiger partial charge in [0.25, 0.3) is 8.32 Å². The summed E-state index contributed by atoms with van der Waals surface area (Å²) in [6.45, 7) is 40.3. The number of nitrogens with one attached hydrogen (secondary N) is 8. The second kappa shape index (κ2) is 46.5. The van der Waals surface area contributed by atoms with Crippen LogP contribution in [0.5, 0.6) is 0 Å². The lowest BCUT2D eigenvalue weighted by atomic mass is 9.97. The average molecular weight is 1680 g/mol. The minimum Gasteiger partial charge on any atom is -0.444 e. The quantitative estimate of drug-likeness (QED) is 0.00989. The van der Waals surface area contributed by atoms with Gasteiger partial charge in [-0.15, -0.1) is 0 Å². The van der Waals surface area contributed by atoms with Gasteiger partial charge < -0.3 is 111 Å². The van der Waals surface area contributed by atoms with Crippen molar-refractivity contribution in [3.63, 3.8) is 0 Å². The number of rotatable bonds is 44. The van der Waals surface area contributed by atoms with Gasteiger partial charge in [0.05, 0.1) is 39.6 Å². The van der Waals surface area contributed by atoms with Crippen molar-refractivity contribution in [3.8, 4) is 0 Å². The molecule has 35 nitrogen and oxygen atoms in total. The third kappa shape index (κ3) is 33.7. The smallest absolute Gasteiger partial charge is 0.407 e. The maximum Gasteiger partial charge on any atom is 0.407 e. The molecule has 0 unspecified atom stereocenters. The van der Waals surface area contributed by atoms with Gasteiger partial charge in [-0.2, -0.15) is 44.9 Å². The Morgan fingerprint density at radius 3 is 1.05 bits per heavy atom. The third-order valence-corrected chi connectivity index (χ3v) is 24.9. The number of carbonyl (C=O) groups excluding carboxylic acids is 4. The molecule has 4 amide bonds. The summed E-state index contributed by atoms with van der Waals surface area (Å²) in [6, 6.07) is 21.2. The zero-order valence-electron chi connectivity index (χ0n) is 73.5. The molecule has 0 spiro atoms. The number of nitrogens with two attached hydrogens (primary N) is 1. The van der Waals surface area contributed by atoms with Gasteiger partial charge in [-0.1, -0.05) is 81.4 Å². The Morgan fingerprint density at radius 1 is 0.412 bits per heavy atom. The van der Waals surface area contributed by atoms with Crippen molar-refractivity contribution >= 4 is 96.6 Å². The highest BCUT2D eigenvalue weighted by Crippen LogP contribution is 2.37. The van der Waals surface area contributed by atoms with E-state index < -0.39 is 55.1 Å². The molecule has 662 valence electrons. The number of aromatic nitrogens is 9. The Balaban J connectivity index is 0.947. The fourth-order valence-electron chi connectivity index (χ4n) is 14.1. The highest BCUT2D eigenvalue weighted by Gasteiger charge is 2.50. The van der Waals surface area contributed by atoms with Gasteiger partial charge in [-0.05, 0) is 187 Å². The van der Waals surface area contributed by atoms with E-state index in [0.29, 0.717) is 223 Å². The van der Waals surface area contributed by atoms with Crippen LogP contribution in [0.2, 0.25) is 5.04 Å². The van der Waals surface area contributed by atoms with Gasteiger partial charge in [0, 0.05) is 118 Å². The lowest BCUT2D eigenvalue weighted by Gasteiger charge is -2.43. The zero-order chi connectivity index (χ0) is 86.1. The van der Waals surface area contributed by atoms with Crippen LogP contribution >= 0.6 is 0 Å². The Bertz CT molecular complexity index is 3740. The minimum atomic E-state index is -2.77. The standard InChI is InChI=1S/C83H139N23O12Si/c1-79(2,3)115-75(108)87-36-22-42-102(43-23-37-88-76(109)116-80(4,5)6)71-94-66(85-40-53-112-55-52-107)96-73(100-71)105-48-32-62(33-49-105)59-91-68-93-69(99-70(98-68)104-46-30-61(58-84)31-47-104)92-60-63-34-50-106(51-35-63)74-97-67(86-41-54-113-56-57-114-119(83(13,14)15,64-26-18-16-19-27-64)65-28-20-17-21-29-65)95-72(101-74)103(44-24-38-89-77(110)117-81(7,8)9)45-25-39-90-78(111)118-82(10,11)12/h16-21,26-29,61-63,107H,22-25,30-60,84H2,1-15H3,(H,87,108)(H,88,109)(H,89,110)(H,90,111)(H,85,94,96,100)(H,86,95,97,101)(H2,91,92,93,98,99). The normalized spacial score (nSPS) is 14.9. The fraction of sp³-hybridized carbons (Fsp3) is 0.699. The van der Waals surface area contributed by atoms with Crippen LogP contribution in [0.1, 0.15) is 168 Å². The summed E-state index contributed by atoms with van der Waals surface area (Å²) in [5, 5.41) is 37.1. The molecule has 119 heavy (non-hydrogen) atoms. The van der Waals surface area contributed by atoms with E-state index in [9.17, 15) is 24.3 Å². The molecule has 3 saturated heterocycles. The fourth-order valence-corrected chi connectivity index (χ4v) is 18.6. The van der Waals surface area contributed by atoms with E-state index in [1.807, 2.05) is 100 Å². The van der Waals surface area contributed by atoms with Crippen LogP contribution in [-0.4, -0.2) is 269 Å². The number of hydrogen-bond donors (Lipinski definition) is 10. The number of amides is 4. The van der Waals surface area contributed by atoms with Gasteiger partial charge in [-0.3, -0.25) is 0 Å². The number of piperidine rings is 3. The molecule has 36 heteroatoms. The van der Waals surface area contributed by atoms with Crippen LogP contribution in [0.3, 0.4) is 0 Å². The zero-order valence-corrected chi connectivity index (χ0v) is 74.5. The summed E-state index contributed by atoms with van der Waals surface area (Å²) in [5.41, 5.74) is 3.57. The number of aliphatic hydroxyl groups excluding tert-OH is 1. The lowest BCUT2D eigenvalue weighted by Crippen LogP contribution is -2.66. The largest absolute Gasteiger partial charge is 0.444 e. The molecule has 3 aromatic heterocycles. The lowest BCUT2D eigenvalue weighted by molar-refractivity contribution is 0.0515. The maximum atomic E-state index is 12.8. The van der Waals surface area contributed by atoms with Crippen LogP contribution in [0, 0.1) is 17.8 Å². The van der Waals surface area contributed by atoms with E-state index >= 15 is 0 Å². The van der Waals surface area contributed by atoms with E-state index in [1.54, 1.807) is 0 Å². The maximum absolute atomic E-state index is 12.8. The SMILES string of the molecule is CC(C)(C)OC(=O)NCCCN(CCCNC(=O)OC(C)(C)C)c1nc(NCCOCCO)nc(N2CCC(CNc3nc(NCC4CCN(c5nc(NCCOCCO[Si](c6ccccc6)(c6ccccc6)C(C)(C)C)nc(N(CCCNC(=O)OC(C)(C)C)CCCNC(=O)OC(C)(C)C)n5)CC4)nc(N4CCC(CN)CC4)n3)CC2)n1. The summed E-state index contributed by atoms with van der Waals surface area (Å²) in [5.74, 6) is 5.21. The first-order valence-electron chi connectivity index (χ1n) is 42.7. The third-order valence-electron chi connectivity index (χ3n) is 19.9. The molecule has 0 atom stereocenters. The second-order valence-electron chi connectivity index (χ2n) is 35.5. The molecule has 8 rings (SSSR count). The predicted molar refractivity (Wildman–Crippen MR) is 469 cm³/mol. The molecule has 3 fully saturated rings. The molecule has 3 aliphatic rings. The number of ether oxygens (including phenoxy) is 6. The van der Waals surface area contributed by atoms with Crippen LogP contribution in [0.4, 0.5) is 72.7 Å². The van der Waals surface area contributed by atoms with E-state index in [2.05, 4.69) is 131 Å². The van der Waals surface area contributed by atoms with Crippen LogP contribution < -0.4 is 83.1 Å². The number of anilines is 9. The van der Waals surface area contributed by atoms with Crippen molar-refractivity contribution in [3.05, 3.63) is 60.7 Å². The van der Waals surface area contributed by atoms with Crippen molar-refractivity contribution in [1.29, 1.82) is 0 Å². The van der Waals surface area contributed by atoms with Crippen LogP contribution in [-0.2, 0) is 32.8 Å². The Kier molecular flexibility index (Phi) is 37.2. The van der Waals surface area contributed by atoms with Crippen molar-refractivity contribution < 1.29 is 57.1 Å². The summed E-state index contributed by atoms with van der Waals surface area (Å²) < 4.78 is 41.1. The molecule has 0 bridgehead atoms. The van der Waals surface area contributed by atoms with E-state index in [1.165, 1.54) is 10.4 Å². The molecule has 2 aromatic carbocycles. The summed E-state index contributed by atoms with van der Waals surface area (Å²) in [4.78, 5) is 107. The Labute approximate surface area is 706 Å². The van der Waals surface area contributed by atoms with E-state index in [0.717, 1.165) is 51.6 Å². The monoisotopic (exact) mass is 1680 g/mol. The van der Waals surface area contributed by atoms with Gasteiger partial charge in [0.2, 0.25) is 53.5 Å².